The van der Waals surface area contributed by atoms with E-state index in [2.05, 4.69) is 0 Å². The Kier molecular flexibility index (Phi) is 4.87. The molecule has 124 valence electrons. The largest absolute Gasteiger partial charge is 0.396 e. The average molecular weight is 351 g/mol. The Hall–Kier alpha value is -1.21. The summed E-state index contributed by atoms with van der Waals surface area (Å²) in [5.74, 6) is 0. The van der Waals surface area contributed by atoms with E-state index < -0.39 is 15.4 Å². The molecule has 0 saturated carbocycles. The first-order valence-corrected chi connectivity index (χ1v) is 10.1. The molecule has 6 heteroatoms. The molecule has 4 nitrogen and oxygen atoms in total. The summed E-state index contributed by atoms with van der Waals surface area (Å²) >= 11 is 1.24. The fourth-order valence-corrected chi connectivity index (χ4v) is 6.00. The molecule has 0 unspecified atom stereocenters. The number of rotatable bonds is 5. The molecule has 3 rings (SSSR count). The van der Waals surface area contributed by atoms with Crippen molar-refractivity contribution in [2.24, 2.45) is 5.41 Å². The number of benzene rings is 1. The van der Waals surface area contributed by atoms with E-state index in [1.165, 1.54) is 11.3 Å². The zero-order valence-corrected chi connectivity index (χ0v) is 14.5. The number of sulfonamides is 1. The Labute approximate surface area is 141 Å². The summed E-state index contributed by atoms with van der Waals surface area (Å²) in [6.07, 6.45) is 2.31. The molecule has 1 saturated heterocycles. The van der Waals surface area contributed by atoms with Crippen LogP contribution in [0.5, 0.6) is 0 Å². The van der Waals surface area contributed by atoms with E-state index in [4.69, 9.17) is 0 Å². The van der Waals surface area contributed by atoms with Crippen LogP contribution in [0.2, 0.25) is 0 Å². The van der Waals surface area contributed by atoms with E-state index in [0.29, 0.717) is 23.7 Å². The maximum absolute atomic E-state index is 12.8. The molecule has 1 atom stereocenters. The van der Waals surface area contributed by atoms with Crippen LogP contribution in [0.3, 0.4) is 0 Å². The van der Waals surface area contributed by atoms with Gasteiger partial charge >= 0.3 is 0 Å². The number of aliphatic hydroxyl groups is 1. The van der Waals surface area contributed by atoms with Gasteiger partial charge in [0.2, 0.25) is 0 Å². The van der Waals surface area contributed by atoms with Crippen molar-refractivity contribution < 1.29 is 13.5 Å². The molecular weight excluding hydrogens is 330 g/mol. The second-order valence-electron chi connectivity index (χ2n) is 6.19. The van der Waals surface area contributed by atoms with Crippen molar-refractivity contribution in [2.45, 2.75) is 23.5 Å². The topological polar surface area (TPSA) is 57.6 Å². The van der Waals surface area contributed by atoms with Gasteiger partial charge in [0.05, 0.1) is 6.61 Å². The first-order chi connectivity index (χ1) is 11.1. The van der Waals surface area contributed by atoms with Crippen molar-refractivity contribution in [3.05, 3.63) is 53.4 Å². The smallest absolute Gasteiger partial charge is 0.252 e. The van der Waals surface area contributed by atoms with Gasteiger partial charge < -0.3 is 5.11 Å². The summed E-state index contributed by atoms with van der Waals surface area (Å²) in [5.41, 5.74) is 0.737. The number of thiophene rings is 1. The molecule has 23 heavy (non-hydrogen) atoms. The molecule has 1 aliphatic rings. The van der Waals surface area contributed by atoms with Crippen molar-refractivity contribution in [1.29, 1.82) is 0 Å². The monoisotopic (exact) mass is 351 g/mol. The normalized spacial score (nSPS) is 23.0. The molecule has 0 aliphatic carbocycles. The van der Waals surface area contributed by atoms with Crippen LogP contribution in [0.25, 0.3) is 0 Å². The zero-order valence-electron chi connectivity index (χ0n) is 12.9. The van der Waals surface area contributed by atoms with Crippen LogP contribution in [0, 0.1) is 5.41 Å². The molecule has 0 bridgehead atoms. The molecule has 1 N–H and O–H groups in total. The number of aliphatic hydroxyl groups excluding tert-OH is 1. The molecule has 1 aromatic heterocycles. The molecule has 0 spiro atoms. The third-order valence-corrected chi connectivity index (χ3v) is 7.69. The van der Waals surface area contributed by atoms with Crippen molar-refractivity contribution in [3.8, 4) is 0 Å². The van der Waals surface area contributed by atoms with Crippen LogP contribution in [0.4, 0.5) is 0 Å². The highest BCUT2D eigenvalue weighted by Gasteiger charge is 2.40. The lowest BCUT2D eigenvalue weighted by atomic mass is 9.76. The minimum absolute atomic E-state index is 0.00163. The quantitative estimate of drug-likeness (QED) is 0.901. The van der Waals surface area contributed by atoms with Gasteiger partial charge in [-0.15, -0.1) is 11.3 Å². The van der Waals surface area contributed by atoms with E-state index in [0.717, 1.165) is 18.4 Å². The third kappa shape index (κ3) is 3.50. The van der Waals surface area contributed by atoms with Crippen LogP contribution in [0.1, 0.15) is 18.4 Å². The first-order valence-electron chi connectivity index (χ1n) is 7.74. The molecule has 2 heterocycles. The lowest BCUT2D eigenvalue weighted by Crippen LogP contribution is -2.48. The van der Waals surface area contributed by atoms with Gasteiger partial charge in [-0.25, -0.2) is 8.42 Å². The van der Waals surface area contributed by atoms with Gasteiger partial charge in [-0.3, -0.25) is 0 Å². The standard InChI is InChI=1S/C17H21NO3S2/c19-14-17(12-15-6-2-1-3-7-15)9-5-10-18(13-17)23(20,21)16-8-4-11-22-16/h1-4,6-8,11,19H,5,9-10,12-14H2/t17-/m1/s1. The molecule has 2 aromatic rings. The highest BCUT2D eigenvalue weighted by molar-refractivity contribution is 7.91. The highest BCUT2D eigenvalue weighted by Crippen LogP contribution is 2.36. The number of hydrogen-bond donors (Lipinski definition) is 1. The summed E-state index contributed by atoms with van der Waals surface area (Å²) in [4.78, 5) is 0. The van der Waals surface area contributed by atoms with Gasteiger partial charge in [-0.1, -0.05) is 36.4 Å². The van der Waals surface area contributed by atoms with Gasteiger partial charge in [0.15, 0.2) is 0 Å². The minimum Gasteiger partial charge on any atom is -0.396 e. The van der Waals surface area contributed by atoms with Crippen LogP contribution >= 0.6 is 11.3 Å². The van der Waals surface area contributed by atoms with E-state index in [9.17, 15) is 13.5 Å². The third-order valence-electron chi connectivity index (χ3n) is 4.47. The first kappa shape index (κ1) is 16.6. The van der Waals surface area contributed by atoms with Gasteiger partial charge in [0.1, 0.15) is 4.21 Å². The Balaban J connectivity index is 1.84. The van der Waals surface area contributed by atoms with E-state index in [1.807, 2.05) is 30.3 Å². The fourth-order valence-electron chi connectivity index (χ4n) is 3.26. The van der Waals surface area contributed by atoms with Gasteiger partial charge in [0.25, 0.3) is 10.0 Å². The number of hydrogen-bond acceptors (Lipinski definition) is 4. The maximum atomic E-state index is 12.8. The fraction of sp³-hybridized carbons (Fsp3) is 0.412. The van der Waals surface area contributed by atoms with E-state index in [1.54, 1.807) is 21.8 Å². The van der Waals surface area contributed by atoms with E-state index in [-0.39, 0.29) is 6.61 Å². The minimum atomic E-state index is -3.45. The van der Waals surface area contributed by atoms with Gasteiger partial charge in [-0.05, 0) is 36.3 Å². The summed E-state index contributed by atoms with van der Waals surface area (Å²) in [5, 5.41) is 11.8. The van der Waals surface area contributed by atoms with E-state index >= 15 is 0 Å². The van der Waals surface area contributed by atoms with Crippen LogP contribution < -0.4 is 0 Å². The second-order valence-corrected chi connectivity index (χ2v) is 9.31. The SMILES string of the molecule is O=S(=O)(c1cccs1)N1CCC[C@@](CO)(Cc2ccccc2)C1. The summed E-state index contributed by atoms with van der Waals surface area (Å²) in [6, 6.07) is 13.4. The van der Waals surface area contributed by atoms with Gasteiger partial charge in [-0.2, -0.15) is 4.31 Å². The zero-order chi connectivity index (χ0) is 16.3. The lowest BCUT2D eigenvalue weighted by molar-refractivity contribution is 0.0646. The lowest BCUT2D eigenvalue weighted by Gasteiger charge is -2.41. The van der Waals surface area contributed by atoms with Crippen LogP contribution in [0.15, 0.2) is 52.1 Å². The van der Waals surface area contributed by atoms with Crippen molar-refractivity contribution in [2.75, 3.05) is 19.7 Å². The molecular formula is C17H21NO3S2. The highest BCUT2D eigenvalue weighted by atomic mass is 32.2. The van der Waals surface area contributed by atoms with Crippen molar-refractivity contribution >= 4 is 21.4 Å². The predicted molar refractivity (Wildman–Crippen MR) is 92.0 cm³/mol. The number of nitrogens with zero attached hydrogens (tertiary/aromatic N) is 1. The maximum Gasteiger partial charge on any atom is 0.252 e. The molecule has 1 aromatic carbocycles. The molecule has 1 aliphatic heterocycles. The second kappa shape index (κ2) is 6.73. The Morgan fingerprint density at radius 3 is 2.61 bits per heavy atom. The van der Waals surface area contributed by atoms with Crippen molar-refractivity contribution in [3.63, 3.8) is 0 Å². The van der Waals surface area contributed by atoms with Crippen LogP contribution in [-0.2, 0) is 16.4 Å². The van der Waals surface area contributed by atoms with Crippen molar-refractivity contribution in [1.82, 2.24) is 4.31 Å². The molecule has 1 fully saturated rings. The Bertz CT molecular complexity index is 728. The predicted octanol–water partition coefficient (Wildman–Crippen LogP) is 2.75. The number of piperidine rings is 1. The summed E-state index contributed by atoms with van der Waals surface area (Å²) < 4.78 is 27.4. The van der Waals surface area contributed by atoms with Gasteiger partial charge in [0, 0.05) is 18.5 Å². The summed E-state index contributed by atoms with van der Waals surface area (Å²) in [6.45, 7) is 0.897. The molecule has 0 radical (unpaired) electrons. The average Bonchev–Trinajstić information content (AvgIpc) is 3.11. The van der Waals surface area contributed by atoms with Crippen LogP contribution in [-0.4, -0.2) is 37.5 Å². The molecule has 0 amide bonds. The Morgan fingerprint density at radius 1 is 1.17 bits per heavy atom. The Morgan fingerprint density at radius 2 is 1.96 bits per heavy atom. The summed E-state index contributed by atoms with van der Waals surface area (Å²) in [7, 11) is -3.45.